The van der Waals surface area contributed by atoms with Gasteiger partial charge in [0, 0.05) is 12.4 Å². The van der Waals surface area contributed by atoms with Crippen LogP contribution in [-0.4, -0.2) is 15.1 Å². The fraction of sp³-hybridized carbons (Fsp3) is 0. The minimum Gasteiger partial charge on any atom is -0.376 e. The number of rotatable bonds is 2. The van der Waals surface area contributed by atoms with Gasteiger partial charge in [-0.25, -0.2) is 9.97 Å². The van der Waals surface area contributed by atoms with Gasteiger partial charge in [0.2, 0.25) is 0 Å². The van der Waals surface area contributed by atoms with Crippen LogP contribution in [0.1, 0.15) is 0 Å². The van der Waals surface area contributed by atoms with Crippen molar-refractivity contribution in [2.24, 2.45) is 5.73 Å². The Bertz CT molecular complexity index is 432. The van der Waals surface area contributed by atoms with Crippen LogP contribution in [0.25, 0.3) is 0 Å². The molecule has 16 heavy (non-hydrogen) atoms. The van der Waals surface area contributed by atoms with E-state index >= 15 is 0 Å². The van der Waals surface area contributed by atoms with Crippen molar-refractivity contribution in [3.05, 3.63) is 48.8 Å². The molecule has 0 aromatic carbocycles. The zero-order valence-corrected chi connectivity index (χ0v) is 9.26. The standard InChI is InChI=1S/C11H10N4S/c12-11(16)15(9-5-1-3-7-13-9)10-6-2-4-8-14-10/h1-8H,(H2,12,16). The van der Waals surface area contributed by atoms with Gasteiger partial charge >= 0.3 is 0 Å². The van der Waals surface area contributed by atoms with Crippen LogP contribution in [0.4, 0.5) is 11.6 Å². The molecule has 0 atom stereocenters. The van der Waals surface area contributed by atoms with Crippen molar-refractivity contribution in [3.8, 4) is 0 Å². The lowest BCUT2D eigenvalue weighted by Gasteiger charge is -2.20. The first-order valence-electron chi connectivity index (χ1n) is 4.70. The molecule has 0 aliphatic heterocycles. The maximum atomic E-state index is 5.68. The fourth-order valence-electron chi connectivity index (χ4n) is 1.32. The lowest BCUT2D eigenvalue weighted by molar-refractivity contribution is 1.15. The summed E-state index contributed by atoms with van der Waals surface area (Å²) in [6.45, 7) is 0. The Morgan fingerprint density at radius 1 is 1.00 bits per heavy atom. The van der Waals surface area contributed by atoms with E-state index in [1.807, 2.05) is 36.4 Å². The molecule has 4 nitrogen and oxygen atoms in total. The zero-order chi connectivity index (χ0) is 11.4. The molecule has 0 aliphatic carbocycles. The molecule has 0 saturated heterocycles. The Hall–Kier alpha value is -2.01. The highest BCUT2D eigenvalue weighted by Gasteiger charge is 2.13. The van der Waals surface area contributed by atoms with Gasteiger partial charge in [0.1, 0.15) is 11.6 Å². The molecule has 0 amide bonds. The Labute approximate surface area is 98.8 Å². The summed E-state index contributed by atoms with van der Waals surface area (Å²) in [5.74, 6) is 1.32. The summed E-state index contributed by atoms with van der Waals surface area (Å²) in [6, 6.07) is 11.1. The highest BCUT2D eigenvalue weighted by molar-refractivity contribution is 7.80. The van der Waals surface area contributed by atoms with Crippen LogP contribution in [0.2, 0.25) is 0 Å². The second-order valence-electron chi connectivity index (χ2n) is 3.05. The molecule has 80 valence electrons. The van der Waals surface area contributed by atoms with Gasteiger partial charge in [0.15, 0.2) is 5.11 Å². The van der Waals surface area contributed by atoms with Crippen LogP contribution in [-0.2, 0) is 0 Å². The zero-order valence-electron chi connectivity index (χ0n) is 8.45. The van der Waals surface area contributed by atoms with E-state index in [0.717, 1.165) is 0 Å². The molecule has 0 saturated carbocycles. The minimum atomic E-state index is 0.220. The monoisotopic (exact) mass is 230 g/mol. The highest BCUT2D eigenvalue weighted by Crippen LogP contribution is 2.19. The van der Waals surface area contributed by atoms with Crippen LogP contribution < -0.4 is 10.6 Å². The SMILES string of the molecule is NC(=S)N(c1ccccn1)c1ccccn1. The minimum absolute atomic E-state index is 0.220. The normalized spacial score (nSPS) is 9.75. The Kier molecular flexibility index (Phi) is 3.07. The lowest BCUT2D eigenvalue weighted by atomic mass is 10.4. The molecule has 0 aliphatic rings. The van der Waals surface area contributed by atoms with Crippen molar-refractivity contribution >= 4 is 29.0 Å². The quantitative estimate of drug-likeness (QED) is 0.798. The van der Waals surface area contributed by atoms with Crippen LogP contribution in [0.5, 0.6) is 0 Å². The summed E-state index contributed by atoms with van der Waals surface area (Å²) in [5.41, 5.74) is 5.68. The number of pyridine rings is 2. The summed E-state index contributed by atoms with van der Waals surface area (Å²) in [4.78, 5) is 10.0. The Morgan fingerprint density at radius 2 is 1.50 bits per heavy atom. The largest absolute Gasteiger partial charge is 0.376 e. The summed E-state index contributed by atoms with van der Waals surface area (Å²) in [6.07, 6.45) is 3.37. The maximum absolute atomic E-state index is 5.68. The third kappa shape index (κ3) is 2.14. The van der Waals surface area contributed by atoms with E-state index in [1.165, 1.54) is 0 Å². The van der Waals surface area contributed by atoms with Gasteiger partial charge in [-0.15, -0.1) is 0 Å². The first kappa shape index (κ1) is 10.5. The van der Waals surface area contributed by atoms with Gasteiger partial charge in [0.05, 0.1) is 0 Å². The number of nitrogens with zero attached hydrogens (tertiary/aromatic N) is 3. The number of hydrogen-bond donors (Lipinski definition) is 1. The lowest BCUT2D eigenvalue weighted by Crippen LogP contribution is -2.32. The number of hydrogen-bond acceptors (Lipinski definition) is 3. The molecule has 2 aromatic rings. The van der Waals surface area contributed by atoms with Gasteiger partial charge in [-0.05, 0) is 36.5 Å². The number of thiocarbonyl (C=S) groups is 1. The summed E-state index contributed by atoms with van der Waals surface area (Å²) >= 11 is 5.00. The van der Waals surface area contributed by atoms with Gasteiger partial charge in [0.25, 0.3) is 0 Å². The second kappa shape index (κ2) is 4.67. The molecule has 0 spiro atoms. The molecule has 0 radical (unpaired) electrons. The molecule has 5 heteroatoms. The molecule has 0 bridgehead atoms. The van der Waals surface area contributed by atoms with E-state index in [-0.39, 0.29) is 5.11 Å². The van der Waals surface area contributed by atoms with E-state index in [0.29, 0.717) is 11.6 Å². The summed E-state index contributed by atoms with van der Waals surface area (Å²) in [7, 11) is 0. The van der Waals surface area contributed by atoms with E-state index in [4.69, 9.17) is 18.0 Å². The van der Waals surface area contributed by atoms with Gasteiger partial charge in [-0.2, -0.15) is 0 Å². The van der Waals surface area contributed by atoms with Crippen molar-refractivity contribution in [1.29, 1.82) is 0 Å². The average Bonchev–Trinajstić information content (AvgIpc) is 2.31. The summed E-state index contributed by atoms with van der Waals surface area (Å²) in [5, 5.41) is 0.220. The Balaban J connectivity index is 2.44. The second-order valence-corrected chi connectivity index (χ2v) is 3.47. The maximum Gasteiger partial charge on any atom is 0.177 e. The molecule has 2 rings (SSSR count). The van der Waals surface area contributed by atoms with E-state index in [1.54, 1.807) is 17.3 Å². The van der Waals surface area contributed by atoms with Crippen LogP contribution in [0.15, 0.2) is 48.8 Å². The topological polar surface area (TPSA) is 55.0 Å². The predicted molar refractivity (Wildman–Crippen MR) is 67.4 cm³/mol. The van der Waals surface area contributed by atoms with E-state index in [2.05, 4.69) is 9.97 Å². The van der Waals surface area contributed by atoms with Crippen LogP contribution >= 0.6 is 12.2 Å². The highest BCUT2D eigenvalue weighted by atomic mass is 32.1. The first-order valence-corrected chi connectivity index (χ1v) is 5.11. The molecule has 2 aromatic heterocycles. The fourth-order valence-corrected chi connectivity index (χ4v) is 1.50. The number of nitrogens with two attached hydrogens (primary N) is 1. The number of anilines is 2. The van der Waals surface area contributed by atoms with Crippen molar-refractivity contribution in [1.82, 2.24) is 9.97 Å². The van der Waals surface area contributed by atoms with Gasteiger partial charge < -0.3 is 5.73 Å². The third-order valence-electron chi connectivity index (χ3n) is 1.98. The predicted octanol–water partition coefficient (Wildman–Crippen LogP) is 1.86. The molecule has 2 heterocycles. The molecule has 2 N–H and O–H groups in total. The van der Waals surface area contributed by atoms with Gasteiger partial charge in [-0.3, -0.25) is 4.90 Å². The molecular weight excluding hydrogens is 220 g/mol. The molecular formula is C11H10N4S. The van der Waals surface area contributed by atoms with Crippen molar-refractivity contribution in [2.75, 3.05) is 4.90 Å². The first-order chi connectivity index (χ1) is 7.79. The smallest absolute Gasteiger partial charge is 0.177 e. The van der Waals surface area contributed by atoms with Crippen molar-refractivity contribution in [2.45, 2.75) is 0 Å². The van der Waals surface area contributed by atoms with Crippen molar-refractivity contribution in [3.63, 3.8) is 0 Å². The van der Waals surface area contributed by atoms with Crippen LogP contribution in [0, 0.1) is 0 Å². The molecule has 0 unspecified atom stereocenters. The average molecular weight is 230 g/mol. The van der Waals surface area contributed by atoms with Crippen LogP contribution in [0.3, 0.4) is 0 Å². The van der Waals surface area contributed by atoms with Crippen molar-refractivity contribution < 1.29 is 0 Å². The van der Waals surface area contributed by atoms with E-state index in [9.17, 15) is 0 Å². The number of aromatic nitrogens is 2. The van der Waals surface area contributed by atoms with E-state index < -0.39 is 0 Å². The third-order valence-corrected chi connectivity index (χ3v) is 2.16. The summed E-state index contributed by atoms with van der Waals surface area (Å²) < 4.78 is 0. The Morgan fingerprint density at radius 3 is 1.81 bits per heavy atom. The molecule has 0 fully saturated rings. The van der Waals surface area contributed by atoms with Gasteiger partial charge in [-0.1, -0.05) is 12.1 Å².